The van der Waals surface area contributed by atoms with Crippen molar-refractivity contribution in [1.29, 1.82) is 0 Å². The van der Waals surface area contributed by atoms with Crippen molar-refractivity contribution in [3.05, 3.63) is 63.9 Å². The number of aliphatic hydroxyl groups excluding tert-OH is 1. The molecule has 0 amide bonds. The summed E-state index contributed by atoms with van der Waals surface area (Å²) in [5.74, 6) is 0.298. The van der Waals surface area contributed by atoms with E-state index in [9.17, 15) is 9.50 Å². The fraction of sp³-hybridized carbons (Fsp3) is 0.250. The summed E-state index contributed by atoms with van der Waals surface area (Å²) in [6, 6.07) is 9.76. The highest BCUT2D eigenvalue weighted by Gasteiger charge is 2.15. The van der Waals surface area contributed by atoms with Crippen LogP contribution in [0.1, 0.15) is 22.8 Å². The second-order valence-electron chi connectivity index (χ2n) is 4.70. The van der Waals surface area contributed by atoms with Crippen LogP contribution in [0.4, 0.5) is 4.39 Å². The lowest BCUT2D eigenvalue weighted by Crippen LogP contribution is -2.04. The molecule has 106 valence electrons. The van der Waals surface area contributed by atoms with Crippen LogP contribution in [0.15, 0.2) is 36.4 Å². The van der Waals surface area contributed by atoms with Gasteiger partial charge in [0, 0.05) is 11.4 Å². The number of aliphatic hydroxyl groups is 1. The molecular weight excluding hydrogens is 279 g/mol. The van der Waals surface area contributed by atoms with E-state index in [0.29, 0.717) is 17.7 Å². The van der Waals surface area contributed by atoms with Crippen LogP contribution >= 0.6 is 11.6 Å². The molecule has 0 saturated carbocycles. The quantitative estimate of drug-likeness (QED) is 0.921. The van der Waals surface area contributed by atoms with Gasteiger partial charge in [0.1, 0.15) is 11.6 Å². The predicted molar refractivity (Wildman–Crippen MR) is 77.8 cm³/mol. The molecule has 2 rings (SSSR count). The Hall–Kier alpha value is -1.58. The zero-order valence-electron chi connectivity index (χ0n) is 11.4. The van der Waals surface area contributed by atoms with Gasteiger partial charge in [0.2, 0.25) is 0 Å². The number of hydrogen-bond acceptors (Lipinski definition) is 2. The van der Waals surface area contributed by atoms with Crippen molar-refractivity contribution in [2.24, 2.45) is 0 Å². The third-order valence-electron chi connectivity index (χ3n) is 3.17. The van der Waals surface area contributed by atoms with E-state index in [2.05, 4.69) is 0 Å². The van der Waals surface area contributed by atoms with Crippen molar-refractivity contribution in [2.45, 2.75) is 19.4 Å². The van der Waals surface area contributed by atoms with Gasteiger partial charge in [0.05, 0.1) is 13.2 Å². The molecule has 1 unspecified atom stereocenters. The molecule has 0 aromatic heterocycles. The van der Waals surface area contributed by atoms with Gasteiger partial charge in [-0.15, -0.1) is 0 Å². The molecule has 0 saturated heterocycles. The van der Waals surface area contributed by atoms with Gasteiger partial charge in [-0.25, -0.2) is 4.39 Å². The average molecular weight is 295 g/mol. The smallest absolute Gasteiger partial charge is 0.124 e. The molecule has 1 atom stereocenters. The highest BCUT2D eigenvalue weighted by molar-refractivity contribution is 6.31. The molecule has 0 heterocycles. The zero-order valence-corrected chi connectivity index (χ0v) is 12.1. The number of halogens is 2. The second kappa shape index (κ2) is 6.25. The van der Waals surface area contributed by atoms with Gasteiger partial charge < -0.3 is 9.84 Å². The number of aryl methyl sites for hydroxylation is 1. The maximum absolute atomic E-state index is 13.0. The minimum absolute atomic E-state index is 0.226. The Morgan fingerprint density at radius 2 is 2.00 bits per heavy atom. The largest absolute Gasteiger partial charge is 0.496 e. The summed E-state index contributed by atoms with van der Waals surface area (Å²) in [6.07, 6.45) is -0.449. The van der Waals surface area contributed by atoms with E-state index in [1.165, 1.54) is 18.2 Å². The monoisotopic (exact) mass is 294 g/mol. The first-order valence-corrected chi connectivity index (χ1v) is 6.65. The minimum atomic E-state index is -0.807. The van der Waals surface area contributed by atoms with Crippen LogP contribution in [-0.4, -0.2) is 12.2 Å². The summed E-state index contributed by atoms with van der Waals surface area (Å²) in [6.45, 7) is 1.97. The Bertz CT molecular complexity index is 613. The van der Waals surface area contributed by atoms with Crippen LogP contribution in [0.2, 0.25) is 5.02 Å². The zero-order chi connectivity index (χ0) is 14.7. The van der Waals surface area contributed by atoms with E-state index >= 15 is 0 Å². The number of rotatable bonds is 4. The van der Waals surface area contributed by atoms with Gasteiger partial charge in [-0.05, 0) is 36.2 Å². The van der Waals surface area contributed by atoms with Crippen LogP contribution in [0.3, 0.4) is 0 Å². The lowest BCUT2D eigenvalue weighted by Gasteiger charge is -2.15. The normalized spacial score (nSPS) is 12.2. The van der Waals surface area contributed by atoms with Crippen molar-refractivity contribution < 1.29 is 14.2 Å². The second-order valence-corrected chi connectivity index (χ2v) is 5.11. The maximum Gasteiger partial charge on any atom is 0.124 e. The van der Waals surface area contributed by atoms with Gasteiger partial charge in [0.25, 0.3) is 0 Å². The van der Waals surface area contributed by atoms with Gasteiger partial charge in [0.15, 0.2) is 0 Å². The molecule has 4 heteroatoms. The summed E-state index contributed by atoms with van der Waals surface area (Å²) in [5, 5.41) is 10.5. The predicted octanol–water partition coefficient (Wildman–Crippen LogP) is 4.07. The molecule has 0 bridgehead atoms. The summed E-state index contributed by atoms with van der Waals surface area (Å²) >= 11 is 5.96. The van der Waals surface area contributed by atoms with E-state index in [-0.39, 0.29) is 5.02 Å². The van der Waals surface area contributed by atoms with Crippen molar-refractivity contribution in [3.8, 4) is 5.75 Å². The fourth-order valence-electron chi connectivity index (χ4n) is 2.16. The molecule has 0 aliphatic carbocycles. The van der Waals surface area contributed by atoms with Gasteiger partial charge in [-0.1, -0.05) is 35.4 Å². The molecule has 2 aromatic carbocycles. The van der Waals surface area contributed by atoms with E-state index < -0.39 is 11.9 Å². The van der Waals surface area contributed by atoms with E-state index in [1.807, 2.05) is 25.1 Å². The fourth-order valence-corrected chi connectivity index (χ4v) is 2.45. The van der Waals surface area contributed by atoms with Crippen LogP contribution in [0.25, 0.3) is 0 Å². The first kappa shape index (κ1) is 14.8. The van der Waals surface area contributed by atoms with E-state index in [1.54, 1.807) is 7.11 Å². The summed E-state index contributed by atoms with van der Waals surface area (Å²) in [4.78, 5) is 0. The third-order valence-corrected chi connectivity index (χ3v) is 3.50. The Labute approximate surface area is 122 Å². The number of benzene rings is 2. The standard InChI is InChI=1S/C16H16ClFO2/c1-10-3-6-16(20-2)11(7-10)8-15(19)13-5-4-12(18)9-14(13)17/h3-7,9,15,19H,8H2,1-2H3. The average Bonchev–Trinajstić information content (AvgIpc) is 2.38. The van der Waals surface area contributed by atoms with Crippen LogP contribution in [0, 0.1) is 12.7 Å². The number of ether oxygens (including phenoxy) is 1. The molecular formula is C16H16ClFO2. The molecule has 0 aliphatic rings. The molecule has 0 spiro atoms. The van der Waals surface area contributed by atoms with Gasteiger partial charge in [-0.2, -0.15) is 0 Å². The summed E-state index contributed by atoms with van der Waals surface area (Å²) < 4.78 is 18.3. The molecule has 2 nitrogen and oxygen atoms in total. The summed E-state index contributed by atoms with van der Waals surface area (Å²) in [5.41, 5.74) is 2.48. The number of hydrogen-bond donors (Lipinski definition) is 1. The molecule has 0 aliphatic heterocycles. The van der Waals surface area contributed by atoms with Crippen LogP contribution in [0.5, 0.6) is 5.75 Å². The summed E-state index contributed by atoms with van der Waals surface area (Å²) in [7, 11) is 1.59. The van der Waals surface area contributed by atoms with Gasteiger partial charge >= 0.3 is 0 Å². The van der Waals surface area contributed by atoms with Crippen molar-refractivity contribution in [1.82, 2.24) is 0 Å². The SMILES string of the molecule is COc1ccc(C)cc1CC(O)c1ccc(F)cc1Cl. The van der Waals surface area contributed by atoms with E-state index in [4.69, 9.17) is 16.3 Å². The maximum atomic E-state index is 13.0. The first-order chi connectivity index (χ1) is 9.51. The molecule has 20 heavy (non-hydrogen) atoms. The first-order valence-electron chi connectivity index (χ1n) is 6.28. The molecule has 0 fully saturated rings. The lowest BCUT2D eigenvalue weighted by molar-refractivity contribution is 0.177. The van der Waals surface area contributed by atoms with Crippen molar-refractivity contribution in [3.63, 3.8) is 0 Å². The van der Waals surface area contributed by atoms with Crippen LogP contribution in [-0.2, 0) is 6.42 Å². The Kier molecular flexibility index (Phi) is 4.63. The van der Waals surface area contributed by atoms with Crippen molar-refractivity contribution in [2.75, 3.05) is 7.11 Å². The highest BCUT2D eigenvalue weighted by atomic mass is 35.5. The highest BCUT2D eigenvalue weighted by Crippen LogP contribution is 2.29. The Morgan fingerprint density at radius 3 is 2.65 bits per heavy atom. The topological polar surface area (TPSA) is 29.5 Å². The molecule has 0 radical (unpaired) electrons. The lowest BCUT2D eigenvalue weighted by atomic mass is 9.99. The Balaban J connectivity index is 2.27. The third kappa shape index (κ3) is 3.30. The van der Waals surface area contributed by atoms with Crippen LogP contribution < -0.4 is 4.74 Å². The molecule has 2 aromatic rings. The minimum Gasteiger partial charge on any atom is -0.496 e. The Morgan fingerprint density at radius 1 is 1.25 bits per heavy atom. The van der Waals surface area contributed by atoms with E-state index in [0.717, 1.165) is 11.1 Å². The van der Waals surface area contributed by atoms with Crippen molar-refractivity contribution >= 4 is 11.6 Å². The molecule has 1 N–H and O–H groups in total. The van der Waals surface area contributed by atoms with Gasteiger partial charge in [-0.3, -0.25) is 0 Å². The number of methoxy groups -OCH3 is 1.